The van der Waals surface area contributed by atoms with Crippen LogP contribution in [0.3, 0.4) is 0 Å². The second kappa shape index (κ2) is 4.28. The van der Waals surface area contributed by atoms with Crippen molar-refractivity contribution >= 4 is 22.4 Å². The van der Waals surface area contributed by atoms with Gasteiger partial charge in [0.25, 0.3) is 5.91 Å². The van der Waals surface area contributed by atoms with Crippen molar-refractivity contribution < 1.29 is 9.90 Å². The third-order valence-corrected chi connectivity index (χ3v) is 2.63. The highest BCUT2D eigenvalue weighted by atomic mass is 32.1. The van der Waals surface area contributed by atoms with Crippen molar-refractivity contribution in [1.29, 1.82) is 0 Å². The minimum atomic E-state index is -0.233. The van der Waals surface area contributed by atoms with Gasteiger partial charge in [-0.25, -0.2) is 0 Å². The topological polar surface area (TPSA) is 75.1 Å². The summed E-state index contributed by atoms with van der Waals surface area (Å²) in [5.74, 6) is -0.0861. The predicted molar refractivity (Wildman–Crippen MR) is 60.7 cm³/mol. The molecule has 16 heavy (non-hydrogen) atoms. The maximum atomic E-state index is 11.8. The summed E-state index contributed by atoms with van der Waals surface area (Å²) in [4.78, 5) is 11.8. The van der Waals surface area contributed by atoms with Gasteiger partial charge in [-0.2, -0.15) is 0 Å². The first kappa shape index (κ1) is 10.6. The van der Waals surface area contributed by atoms with Crippen LogP contribution in [0.25, 0.3) is 0 Å². The minimum absolute atomic E-state index is 0.147. The maximum Gasteiger partial charge on any atom is 0.256 e. The number of carbonyl (C=O) groups is 1. The normalized spacial score (nSPS) is 10.1. The van der Waals surface area contributed by atoms with E-state index >= 15 is 0 Å². The molecule has 0 aliphatic heterocycles. The first-order valence-electron chi connectivity index (χ1n) is 4.55. The molecule has 2 aromatic rings. The summed E-state index contributed by atoms with van der Waals surface area (Å²) >= 11 is 1.11. The van der Waals surface area contributed by atoms with Gasteiger partial charge < -0.3 is 10.4 Å². The Morgan fingerprint density at radius 1 is 1.50 bits per heavy atom. The molecule has 1 heterocycles. The van der Waals surface area contributed by atoms with Gasteiger partial charge in [0, 0.05) is 17.1 Å². The first-order valence-corrected chi connectivity index (χ1v) is 5.32. The molecule has 0 spiro atoms. The lowest BCUT2D eigenvalue weighted by Crippen LogP contribution is -2.12. The number of amides is 1. The molecule has 82 valence electrons. The fraction of sp³-hybridized carbons (Fsp3) is 0.100. The zero-order chi connectivity index (χ0) is 11.5. The molecule has 1 aromatic heterocycles. The zero-order valence-corrected chi connectivity index (χ0v) is 9.28. The van der Waals surface area contributed by atoms with Crippen molar-refractivity contribution in [2.24, 2.45) is 0 Å². The smallest absolute Gasteiger partial charge is 0.256 e. The van der Waals surface area contributed by atoms with Gasteiger partial charge in [-0.05, 0) is 30.7 Å². The molecule has 2 rings (SSSR count). The molecule has 5 nitrogen and oxygen atoms in total. The van der Waals surface area contributed by atoms with Gasteiger partial charge in [-0.15, -0.1) is 5.10 Å². The molecule has 0 aliphatic rings. The molecule has 6 heteroatoms. The van der Waals surface area contributed by atoms with E-state index < -0.39 is 0 Å². The van der Waals surface area contributed by atoms with Crippen LogP contribution in [0.5, 0.6) is 5.75 Å². The predicted octanol–water partition coefficient (Wildman–Crippen LogP) is 1.80. The third-order valence-electron chi connectivity index (χ3n) is 2.05. The average molecular weight is 235 g/mol. The van der Waals surface area contributed by atoms with Crippen molar-refractivity contribution in [2.75, 3.05) is 5.32 Å². The number of rotatable bonds is 2. The number of aromatic nitrogens is 2. The van der Waals surface area contributed by atoms with Gasteiger partial charge in [0.15, 0.2) is 0 Å². The number of aromatic hydroxyl groups is 1. The second-order valence-corrected chi connectivity index (χ2v) is 4.02. The molecule has 0 fully saturated rings. The minimum Gasteiger partial charge on any atom is -0.508 e. The molecular weight excluding hydrogens is 226 g/mol. The second-order valence-electron chi connectivity index (χ2n) is 3.24. The van der Waals surface area contributed by atoms with Crippen LogP contribution in [0.1, 0.15) is 15.9 Å². The van der Waals surface area contributed by atoms with Gasteiger partial charge >= 0.3 is 0 Å². The Kier molecular flexibility index (Phi) is 2.82. The van der Waals surface area contributed by atoms with E-state index in [0.717, 1.165) is 17.1 Å². The Morgan fingerprint density at radius 3 is 2.94 bits per heavy atom. The number of aryl methyl sites for hydroxylation is 1. The van der Waals surface area contributed by atoms with Crippen LogP contribution in [-0.4, -0.2) is 20.6 Å². The molecular formula is C10H9N3O2S. The van der Waals surface area contributed by atoms with E-state index in [9.17, 15) is 9.90 Å². The van der Waals surface area contributed by atoms with Gasteiger partial charge in [-0.1, -0.05) is 4.49 Å². The van der Waals surface area contributed by atoms with Crippen molar-refractivity contribution in [2.45, 2.75) is 6.92 Å². The molecule has 2 N–H and O–H groups in total. The van der Waals surface area contributed by atoms with E-state index in [1.54, 1.807) is 19.1 Å². The van der Waals surface area contributed by atoms with Crippen LogP contribution in [0.15, 0.2) is 24.4 Å². The van der Waals surface area contributed by atoms with Gasteiger partial charge in [0.05, 0.1) is 6.20 Å². The van der Waals surface area contributed by atoms with E-state index in [0.29, 0.717) is 10.6 Å². The lowest BCUT2D eigenvalue weighted by Gasteiger charge is -2.05. The lowest BCUT2D eigenvalue weighted by atomic mass is 10.1. The highest BCUT2D eigenvalue weighted by Gasteiger charge is 2.10. The average Bonchev–Trinajstić information content (AvgIpc) is 2.70. The Morgan fingerprint density at radius 2 is 2.31 bits per heavy atom. The molecule has 0 aliphatic carbocycles. The Labute approximate surface area is 95.9 Å². The Bertz CT molecular complexity index is 511. The SMILES string of the molecule is Cc1cc(O)ccc1C(=O)Nc1cnns1. The highest BCUT2D eigenvalue weighted by molar-refractivity contribution is 7.10. The summed E-state index contributed by atoms with van der Waals surface area (Å²) in [5.41, 5.74) is 1.24. The zero-order valence-electron chi connectivity index (χ0n) is 8.47. The molecule has 0 radical (unpaired) electrons. The number of hydrogen-bond donors (Lipinski definition) is 2. The van der Waals surface area contributed by atoms with Crippen molar-refractivity contribution in [3.63, 3.8) is 0 Å². The summed E-state index contributed by atoms with van der Waals surface area (Å²) in [6.07, 6.45) is 1.48. The number of anilines is 1. The molecule has 0 atom stereocenters. The monoisotopic (exact) mass is 235 g/mol. The maximum absolute atomic E-state index is 11.8. The van der Waals surface area contributed by atoms with Crippen LogP contribution < -0.4 is 5.32 Å². The summed E-state index contributed by atoms with van der Waals surface area (Å²) in [5, 5.41) is 16.1. The molecule has 0 bridgehead atoms. The van der Waals surface area contributed by atoms with E-state index in [4.69, 9.17) is 0 Å². The quantitative estimate of drug-likeness (QED) is 0.832. The molecule has 0 saturated heterocycles. The van der Waals surface area contributed by atoms with Crippen LogP contribution >= 0.6 is 11.5 Å². The van der Waals surface area contributed by atoms with Crippen LogP contribution in [0, 0.1) is 6.92 Å². The molecule has 0 unspecified atom stereocenters. The third kappa shape index (κ3) is 2.17. The summed E-state index contributed by atoms with van der Waals surface area (Å²) in [7, 11) is 0. The number of phenolic OH excluding ortho intramolecular Hbond substituents is 1. The van der Waals surface area contributed by atoms with E-state index in [2.05, 4.69) is 14.9 Å². The van der Waals surface area contributed by atoms with Gasteiger partial charge in [0.2, 0.25) is 0 Å². The molecule has 1 amide bonds. The summed E-state index contributed by atoms with van der Waals surface area (Å²) in [6, 6.07) is 4.60. The summed E-state index contributed by atoms with van der Waals surface area (Å²) in [6.45, 7) is 1.76. The standard InChI is InChI=1S/C10H9N3O2S/c1-6-4-7(14)2-3-8(6)10(15)12-9-5-11-13-16-9/h2-5,14H,1H3,(H,12,15). The van der Waals surface area contributed by atoms with Crippen LogP contribution in [0.2, 0.25) is 0 Å². The first-order chi connectivity index (χ1) is 7.66. The van der Waals surface area contributed by atoms with Crippen molar-refractivity contribution in [1.82, 2.24) is 9.59 Å². The largest absolute Gasteiger partial charge is 0.508 e. The van der Waals surface area contributed by atoms with E-state index in [1.807, 2.05) is 0 Å². The fourth-order valence-electron chi connectivity index (χ4n) is 1.30. The highest BCUT2D eigenvalue weighted by Crippen LogP contribution is 2.18. The Balaban J connectivity index is 2.21. The van der Waals surface area contributed by atoms with Gasteiger partial charge in [-0.3, -0.25) is 4.79 Å². The summed E-state index contributed by atoms with van der Waals surface area (Å²) < 4.78 is 3.64. The van der Waals surface area contributed by atoms with Crippen molar-refractivity contribution in [3.8, 4) is 5.75 Å². The van der Waals surface area contributed by atoms with E-state index in [1.165, 1.54) is 12.3 Å². The lowest BCUT2D eigenvalue weighted by molar-refractivity contribution is 0.102. The Hall–Kier alpha value is -1.95. The number of hydrogen-bond acceptors (Lipinski definition) is 5. The van der Waals surface area contributed by atoms with Crippen LogP contribution in [-0.2, 0) is 0 Å². The molecule has 1 aromatic carbocycles. The number of benzene rings is 1. The van der Waals surface area contributed by atoms with Gasteiger partial charge in [0.1, 0.15) is 10.8 Å². The van der Waals surface area contributed by atoms with E-state index in [-0.39, 0.29) is 11.7 Å². The number of nitrogens with one attached hydrogen (secondary N) is 1. The number of phenols is 1. The number of carbonyl (C=O) groups excluding carboxylic acids is 1. The van der Waals surface area contributed by atoms with Crippen molar-refractivity contribution in [3.05, 3.63) is 35.5 Å². The fourth-order valence-corrected chi connectivity index (χ4v) is 1.72. The van der Waals surface area contributed by atoms with Crippen LogP contribution in [0.4, 0.5) is 5.00 Å². The molecule has 0 saturated carbocycles. The number of nitrogens with zero attached hydrogens (tertiary/aromatic N) is 2.